The van der Waals surface area contributed by atoms with Gasteiger partial charge in [0.1, 0.15) is 25.7 Å². The molecule has 116 valence electrons. The Balaban J connectivity index is 3.34. The zero-order valence-corrected chi connectivity index (χ0v) is 12.4. The molecule has 5 heteroatoms. The van der Waals surface area contributed by atoms with Gasteiger partial charge in [0.15, 0.2) is 0 Å². The Labute approximate surface area is 125 Å². The van der Waals surface area contributed by atoms with Crippen LogP contribution < -0.4 is 5.11 Å². The number of carboxylic acid groups (broad SMARTS) is 1. The van der Waals surface area contributed by atoms with Crippen molar-refractivity contribution in [3.8, 4) is 0 Å². The second kappa shape index (κ2) is 7.93. The van der Waals surface area contributed by atoms with Crippen LogP contribution in [-0.4, -0.2) is 53.5 Å². The van der Waals surface area contributed by atoms with Crippen molar-refractivity contribution in [3.63, 3.8) is 0 Å². The third-order valence-electron chi connectivity index (χ3n) is 3.66. The lowest BCUT2D eigenvalue weighted by molar-refractivity contribution is -0.947. The van der Waals surface area contributed by atoms with Crippen LogP contribution in [0.5, 0.6) is 0 Å². The largest absolute Gasteiger partial charge is 0.544 e. The molecule has 0 saturated carbocycles. The number of rotatable bonds is 9. The number of carbonyl (C=O) groups excluding carboxylic acids is 1. The third-order valence-corrected chi connectivity index (χ3v) is 3.66. The fraction of sp³-hybridized carbons (Fsp3) is 0.438. The van der Waals surface area contributed by atoms with E-state index in [1.807, 2.05) is 37.3 Å². The minimum Gasteiger partial charge on any atom is -0.544 e. The van der Waals surface area contributed by atoms with Crippen LogP contribution in [0.25, 0.3) is 0 Å². The standard InChI is InChI=1S/C16H23NO4/c1-13(2)16(14-6-4-3-5-7-14)17(8-10-18,9-11-19)12-15(20)21/h3-7,16,18-19H,1,8-12H2,2H3. The predicted octanol–water partition coefficient (Wildman–Crippen LogP) is -0.145. The van der Waals surface area contributed by atoms with E-state index in [4.69, 9.17) is 0 Å². The average Bonchev–Trinajstić information content (AvgIpc) is 2.39. The third kappa shape index (κ3) is 4.39. The molecular weight excluding hydrogens is 270 g/mol. The van der Waals surface area contributed by atoms with Crippen molar-refractivity contribution < 1.29 is 24.6 Å². The Hall–Kier alpha value is -1.69. The smallest absolute Gasteiger partial charge is 0.136 e. The van der Waals surface area contributed by atoms with Crippen molar-refractivity contribution in [2.75, 3.05) is 32.8 Å². The van der Waals surface area contributed by atoms with E-state index >= 15 is 0 Å². The molecule has 0 spiro atoms. The monoisotopic (exact) mass is 293 g/mol. The summed E-state index contributed by atoms with van der Waals surface area (Å²) in [6, 6.07) is 9.11. The van der Waals surface area contributed by atoms with Crippen LogP contribution in [0.4, 0.5) is 0 Å². The number of benzene rings is 1. The van der Waals surface area contributed by atoms with Crippen LogP contribution in [-0.2, 0) is 4.79 Å². The van der Waals surface area contributed by atoms with Crippen LogP contribution in [0.2, 0.25) is 0 Å². The minimum atomic E-state index is -1.21. The number of carbonyl (C=O) groups is 1. The molecule has 5 nitrogen and oxygen atoms in total. The fourth-order valence-electron chi connectivity index (χ4n) is 2.98. The molecule has 0 aromatic heterocycles. The number of hydrogen-bond donors (Lipinski definition) is 2. The number of aliphatic hydroxyl groups excluding tert-OH is 2. The van der Waals surface area contributed by atoms with Crippen LogP contribution in [0.1, 0.15) is 18.5 Å². The first-order chi connectivity index (χ1) is 9.96. The van der Waals surface area contributed by atoms with Crippen molar-refractivity contribution in [1.82, 2.24) is 0 Å². The summed E-state index contributed by atoms with van der Waals surface area (Å²) in [5, 5.41) is 30.0. The highest BCUT2D eigenvalue weighted by Crippen LogP contribution is 2.33. The molecule has 0 aliphatic carbocycles. The first-order valence-electron chi connectivity index (χ1n) is 6.94. The molecule has 0 bridgehead atoms. The Morgan fingerprint density at radius 3 is 2.14 bits per heavy atom. The predicted molar refractivity (Wildman–Crippen MR) is 78.0 cm³/mol. The molecule has 0 fully saturated rings. The number of carboxylic acids is 1. The van der Waals surface area contributed by atoms with Gasteiger partial charge in [-0.05, 0) is 12.5 Å². The van der Waals surface area contributed by atoms with Gasteiger partial charge in [0.2, 0.25) is 0 Å². The topological polar surface area (TPSA) is 80.6 Å². The van der Waals surface area contributed by atoms with E-state index in [0.717, 1.165) is 11.1 Å². The van der Waals surface area contributed by atoms with E-state index in [1.54, 1.807) is 0 Å². The Morgan fingerprint density at radius 1 is 1.24 bits per heavy atom. The highest BCUT2D eigenvalue weighted by molar-refractivity contribution is 5.65. The minimum absolute atomic E-state index is 0.00528. The second-order valence-corrected chi connectivity index (χ2v) is 5.30. The lowest BCUT2D eigenvalue weighted by atomic mass is 9.96. The second-order valence-electron chi connectivity index (χ2n) is 5.30. The fourth-order valence-corrected chi connectivity index (χ4v) is 2.98. The van der Waals surface area contributed by atoms with Gasteiger partial charge in [0, 0.05) is 5.56 Å². The molecule has 0 aliphatic heterocycles. The number of aliphatic hydroxyl groups is 2. The molecule has 1 aromatic rings. The molecule has 0 heterocycles. The molecule has 0 aliphatic rings. The summed E-state index contributed by atoms with van der Waals surface area (Å²) in [4.78, 5) is 11.2. The Bertz CT molecular complexity index is 466. The van der Waals surface area contributed by atoms with Gasteiger partial charge in [-0.15, -0.1) is 0 Å². The van der Waals surface area contributed by atoms with E-state index in [1.165, 1.54) is 0 Å². The summed E-state index contributed by atoms with van der Waals surface area (Å²) in [7, 11) is 0. The quantitative estimate of drug-likeness (QED) is 0.490. The first-order valence-corrected chi connectivity index (χ1v) is 6.94. The molecule has 0 amide bonds. The summed E-state index contributed by atoms with van der Waals surface area (Å²) in [5.41, 5.74) is 1.69. The molecule has 1 unspecified atom stereocenters. The summed E-state index contributed by atoms with van der Waals surface area (Å²) >= 11 is 0. The number of hydrogen-bond acceptors (Lipinski definition) is 4. The van der Waals surface area contributed by atoms with Gasteiger partial charge >= 0.3 is 0 Å². The van der Waals surface area contributed by atoms with E-state index in [0.29, 0.717) is 0 Å². The van der Waals surface area contributed by atoms with Gasteiger partial charge in [-0.2, -0.15) is 0 Å². The maximum atomic E-state index is 11.2. The highest BCUT2D eigenvalue weighted by Gasteiger charge is 2.38. The van der Waals surface area contributed by atoms with Crippen molar-refractivity contribution in [2.24, 2.45) is 0 Å². The van der Waals surface area contributed by atoms with E-state index in [2.05, 4.69) is 6.58 Å². The van der Waals surface area contributed by atoms with Gasteiger partial charge in [0.05, 0.1) is 19.2 Å². The van der Waals surface area contributed by atoms with Gasteiger partial charge in [0.25, 0.3) is 0 Å². The average molecular weight is 293 g/mol. The maximum Gasteiger partial charge on any atom is 0.136 e. The normalized spacial score (nSPS) is 12.9. The van der Waals surface area contributed by atoms with Crippen LogP contribution in [0, 0.1) is 0 Å². The van der Waals surface area contributed by atoms with Crippen LogP contribution in [0.15, 0.2) is 42.5 Å². The van der Waals surface area contributed by atoms with Crippen LogP contribution in [0.3, 0.4) is 0 Å². The van der Waals surface area contributed by atoms with Gasteiger partial charge in [-0.3, -0.25) is 0 Å². The van der Waals surface area contributed by atoms with Crippen molar-refractivity contribution in [3.05, 3.63) is 48.0 Å². The number of nitrogens with zero attached hydrogens (tertiary/aromatic N) is 1. The molecule has 1 atom stereocenters. The first kappa shape index (κ1) is 17.4. The SMILES string of the molecule is C=C(C)C(c1ccccc1)[N+](CCO)(CCO)CC(=O)[O-]. The lowest BCUT2D eigenvalue weighted by Gasteiger charge is -2.45. The van der Waals surface area contributed by atoms with E-state index < -0.39 is 5.97 Å². The van der Waals surface area contributed by atoms with Crippen LogP contribution >= 0.6 is 0 Å². The highest BCUT2D eigenvalue weighted by atomic mass is 16.4. The zero-order valence-electron chi connectivity index (χ0n) is 12.4. The van der Waals surface area contributed by atoms with Crippen molar-refractivity contribution >= 4 is 5.97 Å². The summed E-state index contributed by atoms with van der Waals surface area (Å²) in [5.74, 6) is -1.21. The Morgan fingerprint density at radius 2 is 1.76 bits per heavy atom. The van der Waals surface area contributed by atoms with Gasteiger partial charge < -0.3 is 24.6 Å². The number of quaternary nitrogens is 1. The lowest BCUT2D eigenvalue weighted by Crippen LogP contribution is -2.58. The van der Waals surface area contributed by atoms with E-state index in [-0.39, 0.29) is 43.4 Å². The van der Waals surface area contributed by atoms with Gasteiger partial charge in [-0.1, -0.05) is 36.9 Å². The maximum absolute atomic E-state index is 11.2. The summed E-state index contributed by atoms with van der Waals surface area (Å²) in [6.45, 7) is 5.59. The van der Waals surface area contributed by atoms with Gasteiger partial charge in [-0.25, -0.2) is 0 Å². The zero-order chi connectivity index (χ0) is 15.9. The number of aliphatic carboxylic acids is 1. The summed E-state index contributed by atoms with van der Waals surface area (Å²) in [6.07, 6.45) is 0. The molecule has 1 aromatic carbocycles. The molecule has 21 heavy (non-hydrogen) atoms. The molecule has 2 N–H and O–H groups in total. The molecule has 0 saturated heterocycles. The Kier molecular flexibility index (Phi) is 6.55. The molecule has 1 rings (SSSR count). The molecule has 0 radical (unpaired) electrons. The summed E-state index contributed by atoms with van der Waals surface area (Å²) < 4.78 is -0.00528. The van der Waals surface area contributed by atoms with Crippen molar-refractivity contribution in [2.45, 2.75) is 13.0 Å². The molecular formula is C16H23NO4. The van der Waals surface area contributed by atoms with Crippen molar-refractivity contribution in [1.29, 1.82) is 0 Å². The van der Waals surface area contributed by atoms with E-state index in [9.17, 15) is 20.1 Å².